The molecule has 0 radical (unpaired) electrons. The molecule has 3 aromatic rings. The van der Waals surface area contributed by atoms with Gasteiger partial charge in [0.25, 0.3) is 11.5 Å². The fraction of sp³-hybridized carbons (Fsp3) is 0.190. The van der Waals surface area contributed by atoms with Crippen molar-refractivity contribution in [2.24, 2.45) is 0 Å². The molecule has 0 aliphatic carbocycles. The van der Waals surface area contributed by atoms with E-state index in [9.17, 15) is 14.4 Å². The zero-order valence-corrected chi connectivity index (χ0v) is 15.7. The van der Waals surface area contributed by atoms with Crippen molar-refractivity contribution in [1.29, 1.82) is 0 Å². The number of aromatic nitrogens is 2. The van der Waals surface area contributed by atoms with Crippen molar-refractivity contribution < 1.29 is 4.79 Å². The second-order valence-corrected chi connectivity index (χ2v) is 6.62. The Morgan fingerprint density at radius 2 is 1.70 bits per heavy atom. The van der Waals surface area contributed by atoms with E-state index in [0.29, 0.717) is 11.4 Å². The summed E-state index contributed by atoms with van der Waals surface area (Å²) < 4.78 is 0.977. The fourth-order valence-electron chi connectivity index (χ4n) is 2.81. The third-order valence-electron chi connectivity index (χ3n) is 4.82. The number of aromatic amines is 1. The van der Waals surface area contributed by atoms with Crippen molar-refractivity contribution in [3.8, 4) is 5.69 Å². The van der Waals surface area contributed by atoms with Crippen LogP contribution in [0.1, 0.15) is 32.6 Å². The predicted octanol–water partition coefficient (Wildman–Crippen LogP) is 3.01. The number of benzene rings is 2. The zero-order chi connectivity index (χ0) is 19.7. The van der Waals surface area contributed by atoms with Crippen LogP contribution >= 0.6 is 0 Å². The Hall–Kier alpha value is -3.41. The second kappa shape index (κ2) is 7.07. The van der Waals surface area contributed by atoms with Gasteiger partial charge in [-0.3, -0.25) is 9.59 Å². The highest BCUT2D eigenvalue weighted by molar-refractivity contribution is 6.04. The summed E-state index contributed by atoms with van der Waals surface area (Å²) in [5.74, 6) is -0.567. The molecular formula is C21H21N3O3. The average molecular weight is 363 g/mol. The van der Waals surface area contributed by atoms with Crippen LogP contribution in [0.2, 0.25) is 0 Å². The van der Waals surface area contributed by atoms with Crippen molar-refractivity contribution in [1.82, 2.24) is 9.55 Å². The number of carbonyl (C=O) groups is 1. The molecule has 1 amide bonds. The SMILES string of the molecule is Cc1ccc(-n2c(=O)[nH]cc(C(=O)Nc3cccc(C)c3C)c2=O)cc1C. The van der Waals surface area contributed by atoms with Crippen LogP contribution in [0.15, 0.2) is 52.2 Å². The largest absolute Gasteiger partial charge is 0.333 e. The summed E-state index contributed by atoms with van der Waals surface area (Å²) in [7, 11) is 0. The molecule has 0 aliphatic heterocycles. The first-order chi connectivity index (χ1) is 12.8. The zero-order valence-electron chi connectivity index (χ0n) is 15.7. The number of aryl methyl sites for hydroxylation is 3. The Morgan fingerprint density at radius 1 is 0.963 bits per heavy atom. The number of hydrogen-bond donors (Lipinski definition) is 2. The molecule has 6 heteroatoms. The minimum absolute atomic E-state index is 0.131. The summed E-state index contributed by atoms with van der Waals surface area (Å²) in [6, 6.07) is 10.8. The number of rotatable bonds is 3. The lowest BCUT2D eigenvalue weighted by Crippen LogP contribution is -2.38. The molecule has 138 valence electrons. The van der Waals surface area contributed by atoms with Gasteiger partial charge in [-0.1, -0.05) is 18.2 Å². The molecule has 1 aromatic heterocycles. The lowest BCUT2D eigenvalue weighted by Gasteiger charge is -2.11. The maximum atomic E-state index is 12.9. The van der Waals surface area contributed by atoms with Gasteiger partial charge in [0.2, 0.25) is 0 Å². The first kappa shape index (κ1) is 18.4. The summed E-state index contributed by atoms with van der Waals surface area (Å²) in [6.07, 6.45) is 1.16. The minimum Gasteiger partial charge on any atom is -0.322 e. The highest BCUT2D eigenvalue weighted by Crippen LogP contribution is 2.18. The third kappa shape index (κ3) is 3.46. The molecule has 2 aromatic carbocycles. The van der Waals surface area contributed by atoms with Crippen molar-refractivity contribution in [2.45, 2.75) is 27.7 Å². The van der Waals surface area contributed by atoms with Crippen molar-refractivity contribution >= 4 is 11.6 Å². The van der Waals surface area contributed by atoms with E-state index in [2.05, 4.69) is 10.3 Å². The van der Waals surface area contributed by atoms with Crippen LogP contribution in [-0.4, -0.2) is 15.5 Å². The lowest BCUT2D eigenvalue weighted by molar-refractivity contribution is 0.102. The first-order valence-electron chi connectivity index (χ1n) is 8.59. The molecule has 0 aliphatic rings. The Balaban J connectivity index is 2.06. The Kier molecular flexibility index (Phi) is 4.81. The molecule has 3 rings (SSSR count). The molecular weight excluding hydrogens is 342 g/mol. The van der Waals surface area contributed by atoms with Crippen LogP contribution in [0.3, 0.4) is 0 Å². The number of nitrogens with one attached hydrogen (secondary N) is 2. The van der Waals surface area contributed by atoms with E-state index in [0.717, 1.165) is 33.0 Å². The fourth-order valence-corrected chi connectivity index (χ4v) is 2.81. The quantitative estimate of drug-likeness (QED) is 0.750. The third-order valence-corrected chi connectivity index (χ3v) is 4.82. The molecule has 2 N–H and O–H groups in total. The standard InChI is InChI=1S/C21H21N3O3/c1-12-8-9-16(10-14(12)3)24-20(26)17(11-22-21(24)27)19(25)23-18-7-5-6-13(2)15(18)4/h5-11H,1-4H3,(H,22,27)(H,23,25). The van der Waals surface area contributed by atoms with Crippen molar-refractivity contribution in [2.75, 3.05) is 5.32 Å². The van der Waals surface area contributed by atoms with Crippen LogP contribution in [0, 0.1) is 27.7 Å². The molecule has 6 nitrogen and oxygen atoms in total. The first-order valence-corrected chi connectivity index (χ1v) is 8.59. The van der Waals surface area contributed by atoms with E-state index in [4.69, 9.17) is 0 Å². The molecule has 0 saturated heterocycles. The summed E-state index contributed by atoms with van der Waals surface area (Å²) in [4.78, 5) is 40.2. The number of anilines is 1. The Morgan fingerprint density at radius 3 is 2.41 bits per heavy atom. The second-order valence-electron chi connectivity index (χ2n) is 6.62. The van der Waals surface area contributed by atoms with Gasteiger partial charge in [0.1, 0.15) is 5.56 Å². The van der Waals surface area contributed by atoms with Crippen LogP contribution in [0.4, 0.5) is 5.69 Å². The lowest BCUT2D eigenvalue weighted by atomic mass is 10.1. The van der Waals surface area contributed by atoms with Gasteiger partial charge in [0.15, 0.2) is 0 Å². The molecule has 0 bridgehead atoms. The number of nitrogens with zero attached hydrogens (tertiary/aromatic N) is 1. The number of amides is 1. The molecule has 0 saturated carbocycles. The molecule has 0 fully saturated rings. The van der Waals surface area contributed by atoms with E-state index >= 15 is 0 Å². The van der Waals surface area contributed by atoms with Gasteiger partial charge in [0.05, 0.1) is 5.69 Å². The monoisotopic (exact) mass is 363 g/mol. The van der Waals surface area contributed by atoms with Crippen molar-refractivity contribution in [3.05, 3.63) is 91.3 Å². The van der Waals surface area contributed by atoms with E-state index in [1.165, 1.54) is 0 Å². The van der Waals surface area contributed by atoms with Gasteiger partial charge < -0.3 is 10.3 Å². The molecule has 27 heavy (non-hydrogen) atoms. The summed E-state index contributed by atoms with van der Waals surface area (Å²) in [5, 5.41) is 2.75. The van der Waals surface area contributed by atoms with Crippen LogP contribution in [0.5, 0.6) is 0 Å². The van der Waals surface area contributed by atoms with Gasteiger partial charge in [0, 0.05) is 11.9 Å². The topological polar surface area (TPSA) is 84.0 Å². The normalized spacial score (nSPS) is 10.7. The van der Waals surface area contributed by atoms with E-state index in [1.807, 2.05) is 45.9 Å². The van der Waals surface area contributed by atoms with Crippen LogP contribution < -0.4 is 16.6 Å². The number of H-pyrrole nitrogens is 1. The average Bonchev–Trinajstić information content (AvgIpc) is 2.62. The van der Waals surface area contributed by atoms with Crippen LogP contribution in [-0.2, 0) is 0 Å². The van der Waals surface area contributed by atoms with Crippen LogP contribution in [0.25, 0.3) is 5.69 Å². The smallest absolute Gasteiger partial charge is 0.322 e. The summed E-state index contributed by atoms with van der Waals surface area (Å²) >= 11 is 0. The summed E-state index contributed by atoms with van der Waals surface area (Å²) in [5.41, 5.74) is 3.61. The highest BCUT2D eigenvalue weighted by Gasteiger charge is 2.17. The van der Waals surface area contributed by atoms with E-state index in [1.54, 1.807) is 18.2 Å². The molecule has 0 spiro atoms. The van der Waals surface area contributed by atoms with Gasteiger partial charge >= 0.3 is 5.69 Å². The highest BCUT2D eigenvalue weighted by atomic mass is 16.2. The minimum atomic E-state index is -0.662. The van der Waals surface area contributed by atoms with Gasteiger partial charge in [-0.05, 0) is 68.1 Å². The maximum absolute atomic E-state index is 12.9. The molecule has 0 unspecified atom stereocenters. The Labute approximate surface area is 156 Å². The summed E-state index contributed by atoms with van der Waals surface area (Å²) in [6.45, 7) is 7.68. The number of hydrogen-bond acceptors (Lipinski definition) is 3. The van der Waals surface area contributed by atoms with E-state index < -0.39 is 17.2 Å². The van der Waals surface area contributed by atoms with Gasteiger partial charge in [-0.2, -0.15) is 0 Å². The van der Waals surface area contributed by atoms with Crippen molar-refractivity contribution in [3.63, 3.8) is 0 Å². The van der Waals surface area contributed by atoms with Gasteiger partial charge in [-0.15, -0.1) is 0 Å². The van der Waals surface area contributed by atoms with Gasteiger partial charge in [-0.25, -0.2) is 9.36 Å². The predicted molar refractivity (Wildman–Crippen MR) is 106 cm³/mol. The maximum Gasteiger partial charge on any atom is 0.333 e. The Bertz CT molecular complexity index is 1160. The van der Waals surface area contributed by atoms with E-state index in [-0.39, 0.29) is 5.56 Å². The molecule has 0 atom stereocenters. The number of carbonyl (C=O) groups excluding carboxylic acids is 1. The molecule has 1 heterocycles.